The fraction of sp³-hybridized carbons (Fsp3) is 0.500. The molecule has 0 spiro atoms. The average molecular weight is 502 g/mol. The molecule has 2 aromatic carbocycles. The fourth-order valence-electron chi connectivity index (χ4n) is 4.00. The molecule has 2 amide bonds. The van der Waals surface area contributed by atoms with Crippen molar-refractivity contribution in [2.24, 2.45) is 0 Å². The van der Waals surface area contributed by atoms with Crippen LogP contribution in [0.3, 0.4) is 0 Å². The summed E-state index contributed by atoms with van der Waals surface area (Å²) in [4.78, 5) is 27.1. The van der Waals surface area contributed by atoms with E-state index in [0.29, 0.717) is 37.4 Å². The summed E-state index contributed by atoms with van der Waals surface area (Å²) in [5, 5.41) is 17.8. The summed E-state index contributed by atoms with van der Waals surface area (Å²) in [7, 11) is 0. The van der Waals surface area contributed by atoms with Crippen molar-refractivity contribution in [1.29, 1.82) is 0 Å². The van der Waals surface area contributed by atoms with Gasteiger partial charge in [-0.1, -0.05) is 67.9 Å². The van der Waals surface area contributed by atoms with Gasteiger partial charge in [0.25, 0.3) is 0 Å². The van der Waals surface area contributed by atoms with Gasteiger partial charge in [-0.3, -0.25) is 9.59 Å². The molecule has 0 aliphatic rings. The smallest absolute Gasteiger partial charge is 0.222 e. The maximum absolute atomic E-state index is 12.7. The Morgan fingerprint density at radius 3 is 2.23 bits per heavy atom. The molecule has 6 nitrogen and oxygen atoms in total. The monoisotopic (exact) mass is 501 g/mol. The summed E-state index contributed by atoms with van der Waals surface area (Å²) >= 11 is 6.01. The van der Waals surface area contributed by atoms with Crippen LogP contribution in [0, 0.1) is 0 Å². The second-order valence-electron chi connectivity index (χ2n) is 8.92. The summed E-state index contributed by atoms with van der Waals surface area (Å²) in [5.74, 6) is -0.0548. The molecule has 192 valence electrons. The maximum Gasteiger partial charge on any atom is 0.222 e. The molecule has 0 fully saturated rings. The molecule has 2 rings (SSSR count). The van der Waals surface area contributed by atoms with Gasteiger partial charge in [-0.05, 0) is 48.9 Å². The van der Waals surface area contributed by atoms with Gasteiger partial charge in [0.05, 0.1) is 12.1 Å². The molecule has 0 aliphatic carbocycles. The van der Waals surface area contributed by atoms with Crippen LogP contribution >= 0.6 is 11.6 Å². The van der Waals surface area contributed by atoms with Gasteiger partial charge in [0.1, 0.15) is 0 Å². The molecule has 0 unspecified atom stereocenters. The van der Waals surface area contributed by atoms with Gasteiger partial charge in [-0.2, -0.15) is 0 Å². The SMILES string of the molecule is CCCN(CCC)C(=O)CCCC(=O)N[C@@H](Cc1ccc(Cl)cc1)[C@H](O)CNCc1ccccc1. The van der Waals surface area contributed by atoms with Crippen LogP contribution in [0.2, 0.25) is 5.02 Å². The molecule has 0 aromatic heterocycles. The summed E-state index contributed by atoms with van der Waals surface area (Å²) in [6.45, 7) is 6.60. The Hall–Kier alpha value is -2.41. The van der Waals surface area contributed by atoms with E-state index in [4.69, 9.17) is 11.6 Å². The van der Waals surface area contributed by atoms with E-state index in [2.05, 4.69) is 24.5 Å². The zero-order chi connectivity index (χ0) is 25.5. The lowest BCUT2D eigenvalue weighted by Crippen LogP contribution is -2.48. The van der Waals surface area contributed by atoms with E-state index in [9.17, 15) is 14.7 Å². The number of aliphatic hydroxyl groups excluding tert-OH is 1. The lowest BCUT2D eigenvalue weighted by Gasteiger charge is -2.25. The summed E-state index contributed by atoms with van der Waals surface area (Å²) in [6, 6.07) is 16.9. The van der Waals surface area contributed by atoms with Gasteiger partial charge in [0.2, 0.25) is 11.8 Å². The van der Waals surface area contributed by atoms with E-state index in [-0.39, 0.29) is 18.2 Å². The molecule has 7 heteroatoms. The van der Waals surface area contributed by atoms with Crippen molar-refractivity contribution in [2.45, 2.75) is 71.1 Å². The number of carbonyl (C=O) groups is 2. The highest BCUT2D eigenvalue weighted by atomic mass is 35.5. The second kappa shape index (κ2) is 16.3. The molecule has 0 saturated heterocycles. The van der Waals surface area contributed by atoms with Crippen LogP contribution in [-0.4, -0.2) is 53.6 Å². The minimum atomic E-state index is -0.774. The minimum Gasteiger partial charge on any atom is -0.390 e. The molecule has 0 saturated carbocycles. The first kappa shape index (κ1) is 28.8. The number of hydrogen-bond donors (Lipinski definition) is 3. The van der Waals surface area contributed by atoms with Crippen LogP contribution in [0.15, 0.2) is 54.6 Å². The van der Waals surface area contributed by atoms with Crippen LogP contribution < -0.4 is 10.6 Å². The number of carbonyl (C=O) groups excluding carboxylic acids is 2. The van der Waals surface area contributed by atoms with Crippen molar-refractivity contribution in [3.05, 3.63) is 70.7 Å². The maximum atomic E-state index is 12.7. The van der Waals surface area contributed by atoms with E-state index in [1.807, 2.05) is 47.4 Å². The highest BCUT2D eigenvalue weighted by molar-refractivity contribution is 6.30. The highest BCUT2D eigenvalue weighted by Gasteiger charge is 2.22. The molecule has 0 radical (unpaired) electrons. The predicted molar refractivity (Wildman–Crippen MR) is 142 cm³/mol. The molecule has 0 bridgehead atoms. The number of hydrogen-bond acceptors (Lipinski definition) is 4. The number of rotatable bonds is 16. The summed E-state index contributed by atoms with van der Waals surface area (Å²) in [6.07, 6.45) is 2.66. The Balaban J connectivity index is 1.90. The van der Waals surface area contributed by atoms with Gasteiger partial charge < -0.3 is 20.6 Å². The van der Waals surface area contributed by atoms with Gasteiger partial charge in [-0.25, -0.2) is 0 Å². The summed E-state index contributed by atoms with van der Waals surface area (Å²) < 4.78 is 0. The Labute approximate surface area is 215 Å². The average Bonchev–Trinajstić information content (AvgIpc) is 2.85. The first-order valence-corrected chi connectivity index (χ1v) is 13.0. The number of nitrogens with zero attached hydrogens (tertiary/aromatic N) is 1. The van der Waals surface area contributed by atoms with Crippen molar-refractivity contribution in [3.63, 3.8) is 0 Å². The topological polar surface area (TPSA) is 81.7 Å². The molecular weight excluding hydrogens is 462 g/mol. The minimum absolute atomic E-state index is 0.101. The van der Waals surface area contributed by atoms with Crippen molar-refractivity contribution in [2.75, 3.05) is 19.6 Å². The number of amides is 2. The molecule has 2 atom stereocenters. The summed E-state index contributed by atoms with van der Waals surface area (Å²) in [5.41, 5.74) is 2.11. The molecule has 2 aromatic rings. The van der Waals surface area contributed by atoms with Crippen LogP contribution in [0.4, 0.5) is 0 Å². The van der Waals surface area contributed by atoms with Crippen LogP contribution in [0.5, 0.6) is 0 Å². The predicted octanol–water partition coefficient (Wildman–Crippen LogP) is 4.34. The van der Waals surface area contributed by atoms with Crippen molar-refractivity contribution >= 4 is 23.4 Å². The Kier molecular flexibility index (Phi) is 13.4. The lowest BCUT2D eigenvalue weighted by molar-refractivity contribution is -0.131. The van der Waals surface area contributed by atoms with Gasteiger partial charge in [0.15, 0.2) is 0 Å². The van der Waals surface area contributed by atoms with Crippen LogP contribution in [0.1, 0.15) is 57.1 Å². The van der Waals surface area contributed by atoms with Gasteiger partial charge >= 0.3 is 0 Å². The first-order chi connectivity index (χ1) is 16.9. The molecule has 0 aliphatic heterocycles. The lowest BCUT2D eigenvalue weighted by atomic mass is 10.0. The quantitative estimate of drug-likeness (QED) is 0.319. The first-order valence-electron chi connectivity index (χ1n) is 12.7. The van der Waals surface area contributed by atoms with E-state index in [1.54, 1.807) is 12.1 Å². The Morgan fingerprint density at radius 2 is 1.60 bits per heavy atom. The number of halogens is 1. The normalized spacial score (nSPS) is 12.7. The molecule has 0 heterocycles. The largest absolute Gasteiger partial charge is 0.390 e. The van der Waals surface area contributed by atoms with Crippen molar-refractivity contribution in [1.82, 2.24) is 15.5 Å². The standard InChI is InChI=1S/C28H40ClN3O3/c1-3-17-32(18-4-2)28(35)12-8-11-27(34)31-25(19-22-13-15-24(29)16-14-22)26(33)21-30-20-23-9-6-5-7-10-23/h5-7,9-10,13-16,25-26,30,33H,3-4,8,11-12,17-21H2,1-2H3,(H,31,34)/t25-,26+/m0/s1. The van der Waals surface area contributed by atoms with Gasteiger partial charge in [-0.15, -0.1) is 0 Å². The van der Waals surface area contributed by atoms with E-state index in [0.717, 1.165) is 37.1 Å². The molecule has 3 N–H and O–H groups in total. The second-order valence-corrected chi connectivity index (χ2v) is 9.36. The van der Waals surface area contributed by atoms with Gasteiger partial charge in [0, 0.05) is 44.0 Å². The third-order valence-corrected chi connectivity index (χ3v) is 6.09. The fourth-order valence-corrected chi connectivity index (χ4v) is 4.12. The van der Waals surface area contributed by atoms with Crippen LogP contribution in [-0.2, 0) is 22.6 Å². The Bertz CT molecular complexity index is 871. The zero-order valence-corrected chi connectivity index (χ0v) is 21.8. The Morgan fingerprint density at radius 1 is 0.943 bits per heavy atom. The number of aliphatic hydroxyl groups is 1. The van der Waals surface area contributed by atoms with E-state index >= 15 is 0 Å². The van der Waals surface area contributed by atoms with Crippen molar-refractivity contribution in [3.8, 4) is 0 Å². The third-order valence-electron chi connectivity index (χ3n) is 5.84. The van der Waals surface area contributed by atoms with E-state index in [1.165, 1.54) is 0 Å². The third kappa shape index (κ3) is 11.2. The van der Waals surface area contributed by atoms with Crippen molar-refractivity contribution < 1.29 is 14.7 Å². The zero-order valence-electron chi connectivity index (χ0n) is 21.0. The van der Waals surface area contributed by atoms with E-state index < -0.39 is 12.1 Å². The van der Waals surface area contributed by atoms with Crippen LogP contribution in [0.25, 0.3) is 0 Å². The highest BCUT2D eigenvalue weighted by Crippen LogP contribution is 2.13. The molecule has 35 heavy (non-hydrogen) atoms. The molecular formula is C28H40ClN3O3. The number of nitrogens with one attached hydrogen (secondary N) is 2. The number of benzene rings is 2.